The zero-order valence-corrected chi connectivity index (χ0v) is 14.1. The van der Waals surface area contributed by atoms with Crippen LogP contribution in [-0.2, 0) is 20.7 Å². The lowest BCUT2D eigenvalue weighted by molar-refractivity contribution is -0.139. The van der Waals surface area contributed by atoms with Crippen molar-refractivity contribution >= 4 is 33.4 Å². The summed E-state index contributed by atoms with van der Waals surface area (Å²) in [6, 6.07) is 7.98. The fourth-order valence-corrected chi connectivity index (χ4v) is 3.97. The second-order valence-corrected chi connectivity index (χ2v) is 7.25. The Morgan fingerprint density at radius 1 is 1.38 bits per heavy atom. The molecule has 2 N–H and O–H groups in total. The Morgan fingerprint density at radius 2 is 2.21 bits per heavy atom. The largest absolute Gasteiger partial charge is 0.481 e. The molecule has 0 saturated carbocycles. The highest BCUT2D eigenvalue weighted by Crippen LogP contribution is 2.24. The minimum Gasteiger partial charge on any atom is -0.481 e. The molecular weight excluding hydrogens is 328 g/mol. The van der Waals surface area contributed by atoms with Crippen LogP contribution in [0.5, 0.6) is 0 Å². The maximum absolute atomic E-state index is 12.2. The van der Waals surface area contributed by atoms with Gasteiger partial charge in [0.15, 0.2) is 0 Å². The van der Waals surface area contributed by atoms with Crippen LogP contribution in [0.4, 0.5) is 0 Å². The number of benzene rings is 1. The van der Waals surface area contributed by atoms with E-state index in [1.807, 2.05) is 24.3 Å². The normalized spacial score (nSPS) is 20.3. The summed E-state index contributed by atoms with van der Waals surface area (Å²) in [7, 11) is 0. The van der Waals surface area contributed by atoms with Crippen LogP contribution in [0.15, 0.2) is 24.3 Å². The van der Waals surface area contributed by atoms with Crippen molar-refractivity contribution in [2.24, 2.45) is 0 Å². The molecule has 3 rings (SSSR count). The van der Waals surface area contributed by atoms with Gasteiger partial charge in [0.25, 0.3) is 0 Å². The smallest absolute Gasteiger partial charge is 0.305 e. The zero-order valence-electron chi connectivity index (χ0n) is 13.3. The number of aliphatic carboxylic acids is 1. The van der Waals surface area contributed by atoms with E-state index in [4.69, 9.17) is 9.84 Å². The Kier molecular flexibility index (Phi) is 5.11. The first-order valence-electron chi connectivity index (χ1n) is 8.01. The number of nitrogens with zero attached hydrogens (tertiary/aromatic N) is 1. The number of hydrogen-bond acceptors (Lipinski definition) is 5. The van der Waals surface area contributed by atoms with E-state index in [1.165, 1.54) is 0 Å². The van der Waals surface area contributed by atoms with Crippen molar-refractivity contribution in [3.63, 3.8) is 0 Å². The van der Waals surface area contributed by atoms with Gasteiger partial charge in [0.05, 0.1) is 33.8 Å². The summed E-state index contributed by atoms with van der Waals surface area (Å²) >= 11 is 1.65. The first-order valence-corrected chi connectivity index (χ1v) is 8.83. The van der Waals surface area contributed by atoms with Crippen LogP contribution in [0.2, 0.25) is 0 Å². The standard InChI is InChI=1S/C17H20N2O4S/c20-14(19-17(10-16(21)22)8-9-23-11-17)6-3-7-15-18-12-4-1-2-5-13(12)24-15/h1-2,4-5H,3,6-11H2,(H,19,20)(H,21,22). The number of aryl methyl sites for hydroxylation is 1. The van der Waals surface area contributed by atoms with E-state index >= 15 is 0 Å². The molecule has 7 heteroatoms. The van der Waals surface area contributed by atoms with Gasteiger partial charge in [-0.2, -0.15) is 0 Å². The van der Waals surface area contributed by atoms with Crippen molar-refractivity contribution in [1.82, 2.24) is 10.3 Å². The van der Waals surface area contributed by atoms with Crippen LogP contribution < -0.4 is 5.32 Å². The fraction of sp³-hybridized carbons (Fsp3) is 0.471. The van der Waals surface area contributed by atoms with Crippen LogP contribution in [0.25, 0.3) is 10.2 Å². The number of nitrogens with one attached hydrogen (secondary N) is 1. The third-order valence-electron chi connectivity index (χ3n) is 4.13. The number of ether oxygens (including phenoxy) is 1. The van der Waals surface area contributed by atoms with E-state index in [2.05, 4.69) is 10.3 Å². The van der Waals surface area contributed by atoms with Crippen molar-refractivity contribution in [3.8, 4) is 0 Å². The van der Waals surface area contributed by atoms with Crippen molar-refractivity contribution < 1.29 is 19.4 Å². The third kappa shape index (κ3) is 4.10. The predicted molar refractivity (Wildman–Crippen MR) is 91.1 cm³/mol. The molecule has 1 aliphatic heterocycles. The maximum atomic E-state index is 12.2. The van der Waals surface area contributed by atoms with E-state index in [-0.39, 0.29) is 18.9 Å². The SMILES string of the molecule is O=C(O)CC1(NC(=O)CCCc2nc3ccccc3s2)CCOC1. The van der Waals surface area contributed by atoms with Gasteiger partial charge < -0.3 is 15.2 Å². The maximum Gasteiger partial charge on any atom is 0.305 e. The highest BCUT2D eigenvalue weighted by molar-refractivity contribution is 7.18. The first-order chi connectivity index (χ1) is 11.6. The third-order valence-corrected chi connectivity index (χ3v) is 5.23. The number of carbonyl (C=O) groups is 2. The number of fused-ring (bicyclic) bond motifs is 1. The van der Waals surface area contributed by atoms with Gasteiger partial charge in [-0.15, -0.1) is 11.3 Å². The Hall–Kier alpha value is -1.99. The summed E-state index contributed by atoms with van der Waals surface area (Å²) in [5.74, 6) is -1.04. The lowest BCUT2D eigenvalue weighted by Gasteiger charge is -2.27. The summed E-state index contributed by atoms with van der Waals surface area (Å²) in [6.45, 7) is 0.752. The number of carboxylic acids is 1. The van der Waals surface area contributed by atoms with E-state index in [0.717, 1.165) is 21.6 Å². The number of rotatable bonds is 7. The topological polar surface area (TPSA) is 88.5 Å². The minimum absolute atomic E-state index is 0.101. The summed E-state index contributed by atoms with van der Waals surface area (Å²) in [5.41, 5.74) is 0.240. The van der Waals surface area contributed by atoms with E-state index in [9.17, 15) is 9.59 Å². The van der Waals surface area contributed by atoms with E-state index in [1.54, 1.807) is 11.3 Å². The number of carboxylic acid groups (broad SMARTS) is 1. The van der Waals surface area contributed by atoms with Gasteiger partial charge >= 0.3 is 5.97 Å². The second kappa shape index (κ2) is 7.27. The molecule has 1 fully saturated rings. The zero-order chi connectivity index (χ0) is 17.0. The molecule has 0 aliphatic carbocycles. The molecule has 128 valence electrons. The Balaban J connectivity index is 1.50. The molecule has 1 saturated heterocycles. The van der Waals surface area contributed by atoms with Gasteiger partial charge in [0, 0.05) is 13.0 Å². The quantitative estimate of drug-likeness (QED) is 0.802. The van der Waals surface area contributed by atoms with E-state index < -0.39 is 11.5 Å². The molecular formula is C17H20N2O4S. The van der Waals surface area contributed by atoms with Crippen LogP contribution in [0, 0.1) is 0 Å². The molecule has 1 unspecified atom stereocenters. The molecule has 0 spiro atoms. The van der Waals surface area contributed by atoms with Crippen molar-refractivity contribution in [1.29, 1.82) is 0 Å². The molecule has 2 aromatic rings. The second-order valence-electron chi connectivity index (χ2n) is 6.13. The molecule has 0 bridgehead atoms. The monoisotopic (exact) mass is 348 g/mol. The van der Waals surface area contributed by atoms with Gasteiger partial charge in [-0.1, -0.05) is 12.1 Å². The van der Waals surface area contributed by atoms with Crippen molar-refractivity contribution in [2.45, 2.75) is 37.6 Å². The Bertz CT molecular complexity index is 704. The molecule has 1 atom stereocenters. The Morgan fingerprint density at radius 3 is 2.92 bits per heavy atom. The lowest BCUT2D eigenvalue weighted by Crippen LogP contribution is -2.50. The van der Waals surface area contributed by atoms with Crippen LogP contribution in [0.3, 0.4) is 0 Å². The lowest BCUT2D eigenvalue weighted by atomic mass is 9.94. The summed E-state index contributed by atoms with van der Waals surface area (Å²) in [5, 5.41) is 12.9. The van der Waals surface area contributed by atoms with Crippen LogP contribution >= 0.6 is 11.3 Å². The van der Waals surface area contributed by atoms with Gasteiger partial charge in [-0.3, -0.25) is 9.59 Å². The van der Waals surface area contributed by atoms with Crippen molar-refractivity contribution in [3.05, 3.63) is 29.3 Å². The van der Waals surface area contributed by atoms with Crippen molar-refractivity contribution in [2.75, 3.05) is 13.2 Å². The molecule has 1 aromatic heterocycles. The number of hydrogen-bond donors (Lipinski definition) is 2. The molecule has 1 amide bonds. The number of aromatic nitrogens is 1. The molecule has 1 aromatic carbocycles. The van der Waals surface area contributed by atoms with E-state index in [0.29, 0.717) is 25.9 Å². The average molecular weight is 348 g/mol. The fourth-order valence-electron chi connectivity index (χ4n) is 2.96. The first kappa shape index (κ1) is 16.9. The number of amides is 1. The minimum atomic E-state index is -0.921. The number of thiazole rings is 1. The molecule has 2 heterocycles. The Labute approximate surface area is 143 Å². The van der Waals surface area contributed by atoms with Crippen LogP contribution in [0.1, 0.15) is 30.7 Å². The number of carbonyl (C=O) groups excluding carboxylic acids is 1. The highest BCUT2D eigenvalue weighted by Gasteiger charge is 2.38. The summed E-state index contributed by atoms with van der Waals surface area (Å²) in [6.07, 6.45) is 2.24. The van der Waals surface area contributed by atoms with Gasteiger partial charge in [0.1, 0.15) is 0 Å². The van der Waals surface area contributed by atoms with Crippen LogP contribution in [-0.4, -0.2) is 40.7 Å². The molecule has 1 aliphatic rings. The molecule has 6 nitrogen and oxygen atoms in total. The number of para-hydroxylation sites is 1. The molecule has 24 heavy (non-hydrogen) atoms. The average Bonchev–Trinajstić information content (AvgIpc) is 3.13. The van der Waals surface area contributed by atoms with Gasteiger partial charge in [-0.25, -0.2) is 4.98 Å². The molecule has 0 radical (unpaired) electrons. The van der Waals surface area contributed by atoms with Gasteiger partial charge in [0.2, 0.25) is 5.91 Å². The predicted octanol–water partition coefficient (Wildman–Crippen LogP) is 2.37. The highest BCUT2D eigenvalue weighted by atomic mass is 32.1. The summed E-state index contributed by atoms with van der Waals surface area (Å²) < 4.78 is 6.44. The van der Waals surface area contributed by atoms with Gasteiger partial charge in [-0.05, 0) is 31.4 Å². The summed E-state index contributed by atoms with van der Waals surface area (Å²) in [4.78, 5) is 27.7.